The van der Waals surface area contributed by atoms with Crippen molar-refractivity contribution < 1.29 is 4.79 Å². The summed E-state index contributed by atoms with van der Waals surface area (Å²) in [5.74, 6) is -0.0321. The normalized spacial score (nSPS) is 12.2. The maximum Gasteiger partial charge on any atom is 0.254 e. The first kappa shape index (κ1) is 14.6. The molecular formula is C14H13BrClNOS. The second-order valence-corrected chi connectivity index (χ2v) is 6.48. The number of hydrogen-bond acceptors (Lipinski definition) is 2. The molecule has 1 aromatic carbocycles. The summed E-state index contributed by atoms with van der Waals surface area (Å²) in [7, 11) is 1.81. The summed E-state index contributed by atoms with van der Waals surface area (Å²) in [4.78, 5) is 15.3. The van der Waals surface area contributed by atoms with E-state index < -0.39 is 0 Å². The van der Waals surface area contributed by atoms with Crippen LogP contribution in [0.3, 0.4) is 0 Å². The second-order valence-electron chi connectivity index (χ2n) is 4.24. The number of amides is 1. The molecule has 0 saturated carbocycles. The molecule has 5 heteroatoms. The molecule has 0 bridgehead atoms. The number of carbonyl (C=O) groups excluding carboxylic acids is 1. The zero-order valence-corrected chi connectivity index (χ0v) is 13.7. The first-order chi connectivity index (χ1) is 9.00. The molecule has 0 saturated heterocycles. The number of hydrogen-bond donors (Lipinski definition) is 0. The van der Waals surface area contributed by atoms with Gasteiger partial charge < -0.3 is 4.90 Å². The van der Waals surface area contributed by atoms with Gasteiger partial charge in [0.1, 0.15) is 0 Å². The van der Waals surface area contributed by atoms with Crippen LogP contribution < -0.4 is 0 Å². The van der Waals surface area contributed by atoms with Crippen LogP contribution in [0.5, 0.6) is 0 Å². The zero-order chi connectivity index (χ0) is 14.0. The molecule has 2 nitrogen and oxygen atoms in total. The average Bonchev–Trinajstić information content (AvgIpc) is 2.93. The first-order valence-electron chi connectivity index (χ1n) is 5.76. The van der Waals surface area contributed by atoms with Crippen LogP contribution in [0.15, 0.2) is 40.2 Å². The van der Waals surface area contributed by atoms with Gasteiger partial charge in [-0.1, -0.05) is 17.7 Å². The molecule has 0 aliphatic heterocycles. The van der Waals surface area contributed by atoms with E-state index in [1.54, 1.807) is 34.4 Å². The van der Waals surface area contributed by atoms with Crippen molar-refractivity contribution >= 4 is 44.8 Å². The van der Waals surface area contributed by atoms with Crippen molar-refractivity contribution in [2.24, 2.45) is 0 Å². The lowest BCUT2D eigenvalue weighted by Crippen LogP contribution is -2.29. The molecule has 1 unspecified atom stereocenters. The Morgan fingerprint density at radius 2 is 2.16 bits per heavy atom. The van der Waals surface area contributed by atoms with E-state index in [9.17, 15) is 4.79 Å². The SMILES string of the molecule is CC(c1cccs1)N(C)C(=O)c1ccc(Br)c(Cl)c1. The zero-order valence-electron chi connectivity index (χ0n) is 10.6. The van der Waals surface area contributed by atoms with E-state index in [0.29, 0.717) is 10.6 Å². The smallest absolute Gasteiger partial charge is 0.254 e. The highest BCUT2D eigenvalue weighted by atomic mass is 79.9. The third-order valence-corrected chi connectivity index (χ3v) is 5.30. The highest BCUT2D eigenvalue weighted by Gasteiger charge is 2.20. The third-order valence-electron chi connectivity index (χ3n) is 3.02. The van der Waals surface area contributed by atoms with Crippen molar-refractivity contribution in [1.82, 2.24) is 4.90 Å². The predicted octanol–water partition coefficient (Wildman–Crippen LogP) is 5.00. The lowest BCUT2D eigenvalue weighted by molar-refractivity contribution is 0.0745. The Morgan fingerprint density at radius 1 is 1.42 bits per heavy atom. The van der Waals surface area contributed by atoms with E-state index in [1.807, 2.05) is 31.5 Å². The molecule has 0 spiro atoms. The van der Waals surface area contributed by atoms with Crippen LogP contribution in [0.2, 0.25) is 5.02 Å². The lowest BCUT2D eigenvalue weighted by atomic mass is 10.1. The molecule has 0 N–H and O–H groups in total. The minimum atomic E-state index is -0.0321. The Hall–Kier alpha value is -0.840. The van der Waals surface area contributed by atoms with E-state index in [0.717, 1.165) is 4.47 Å². The minimum absolute atomic E-state index is 0.0321. The van der Waals surface area contributed by atoms with Crippen LogP contribution in [0.4, 0.5) is 0 Å². The van der Waals surface area contributed by atoms with Gasteiger partial charge in [-0.15, -0.1) is 11.3 Å². The number of halogens is 2. The largest absolute Gasteiger partial charge is 0.334 e. The summed E-state index contributed by atoms with van der Waals surface area (Å²) in [5.41, 5.74) is 0.596. The van der Waals surface area contributed by atoms with Crippen LogP contribution in [0, 0.1) is 0 Å². The molecule has 2 aromatic rings. The molecule has 1 atom stereocenters. The summed E-state index contributed by atoms with van der Waals surface area (Å²) in [6, 6.07) is 9.33. The van der Waals surface area contributed by atoms with Crippen molar-refractivity contribution in [2.75, 3.05) is 7.05 Å². The van der Waals surface area contributed by atoms with Crippen LogP contribution in [0.1, 0.15) is 28.2 Å². The fourth-order valence-corrected chi connectivity index (χ4v) is 2.98. The van der Waals surface area contributed by atoms with Gasteiger partial charge >= 0.3 is 0 Å². The van der Waals surface area contributed by atoms with E-state index >= 15 is 0 Å². The Kier molecular flexibility index (Phi) is 4.66. The lowest BCUT2D eigenvalue weighted by Gasteiger charge is -2.24. The van der Waals surface area contributed by atoms with Gasteiger partial charge in [0, 0.05) is 22.0 Å². The van der Waals surface area contributed by atoms with Crippen molar-refractivity contribution in [2.45, 2.75) is 13.0 Å². The van der Waals surface area contributed by atoms with Gasteiger partial charge in [0.05, 0.1) is 11.1 Å². The maximum atomic E-state index is 12.4. The number of rotatable bonds is 3. The highest BCUT2D eigenvalue weighted by molar-refractivity contribution is 9.10. The van der Waals surface area contributed by atoms with Gasteiger partial charge in [-0.05, 0) is 52.5 Å². The monoisotopic (exact) mass is 357 g/mol. The van der Waals surface area contributed by atoms with E-state index in [4.69, 9.17) is 11.6 Å². The minimum Gasteiger partial charge on any atom is -0.334 e. The molecule has 1 aromatic heterocycles. The van der Waals surface area contributed by atoms with E-state index in [1.165, 1.54) is 4.88 Å². The molecule has 2 rings (SSSR count). The number of nitrogens with zero attached hydrogens (tertiary/aromatic N) is 1. The molecule has 0 aliphatic rings. The summed E-state index contributed by atoms with van der Waals surface area (Å²) >= 11 is 11.0. The number of benzene rings is 1. The Bertz CT molecular complexity index is 585. The predicted molar refractivity (Wildman–Crippen MR) is 84.0 cm³/mol. The van der Waals surface area contributed by atoms with Crippen molar-refractivity contribution in [1.29, 1.82) is 0 Å². The van der Waals surface area contributed by atoms with E-state index in [2.05, 4.69) is 15.9 Å². The molecule has 0 fully saturated rings. The molecule has 19 heavy (non-hydrogen) atoms. The molecular weight excluding hydrogens is 346 g/mol. The topological polar surface area (TPSA) is 20.3 Å². The third kappa shape index (κ3) is 3.19. The quantitative estimate of drug-likeness (QED) is 0.756. The highest BCUT2D eigenvalue weighted by Crippen LogP contribution is 2.27. The van der Waals surface area contributed by atoms with Gasteiger partial charge in [-0.2, -0.15) is 0 Å². The Morgan fingerprint density at radius 3 is 2.74 bits per heavy atom. The van der Waals surface area contributed by atoms with Crippen molar-refractivity contribution in [3.8, 4) is 0 Å². The fourth-order valence-electron chi connectivity index (χ4n) is 1.73. The summed E-state index contributed by atoms with van der Waals surface area (Å²) in [6.45, 7) is 2.02. The van der Waals surface area contributed by atoms with Gasteiger partial charge in [-0.3, -0.25) is 4.79 Å². The Balaban J connectivity index is 2.21. The van der Waals surface area contributed by atoms with Gasteiger partial charge in [0.15, 0.2) is 0 Å². The summed E-state index contributed by atoms with van der Waals surface area (Å²) < 4.78 is 0.791. The molecule has 100 valence electrons. The second kappa shape index (κ2) is 6.07. The molecule has 1 amide bonds. The molecule has 0 aliphatic carbocycles. The first-order valence-corrected chi connectivity index (χ1v) is 7.81. The summed E-state index contributed by atoms with van der Waals surface area (Å²) in [6.07, 6.45) is 0. The van der Waals surface area contributed by atoms with Gasteiger partial charge in [0.25, 0.3) is 5.91 Å². The maximum absolute atomic E-state index is 12.4. The summed E-state index contributed by atoms with van der Waals surface area (Å²) in [5, 5.41) is 2.56. The van der Waals surface area contributed by atoms with Crippen molar-refractivity contribution in [3.05, 3.63) is 55.6 Å². The van der Waals surface area contributed by atoms with Gasteiger partial charge in [-0.25, -0.2) is 0 Å². The van der Waals surface area contributed by atoms with E-state index in [-0.39, 0.29) is 11.9 Å². The van der Waals surface area contributed by atoms with Crippen LogP contribution in [-0.2, 0) is 0 Å². The van der Waals surface area contributed by atoms with Crippen LogP contribution in [-0.4, -0.2) is 17.9 Å². The Labute approximate surface area is 130 Å². The number of thiophene rings is 1. The van der Waals surface area contributed by atoms with Crippen LogP contribution >= 0.6 is 38.9 Å². The standard InChI is InChI=1S/C14H13BrClNOS/c1-9(13-4-3-7-19-13)17(2)14(18)10-5-6-11(15)12(16)8-10/h3-9H,1-2H3. The number of carbonyl (C=O) groups is 1. The fraction of sp³-hybridized carbons (Fsp3) is 0.214. The molecule has 0 radical (unpaired) electrons. The van der Waals surface area contributed by atoms with Crippen LogP contribution in [0.25, 0.3) is 0 Å². The van der Waals surface area contributed by atoms with Crippen molar-refractivity contribution in [3.63, 3.8) is 0 Å². The van der Waals surface area contributed by atoms with Gasteiger partial charge in [0.2, 0.25) is 0 Å². The molecule has 1 heterocycles. The average molecular weight is 359 g/mol.